The number of nitrogens with zero attached hydrogens (tertiary/aromatic N) is 1. The molecule has 0 saturated carbocycles. The number of amides is 1. The fourth-order valence-electron chi connectivity index (χ4n) is 2.04. The van der Waals surface area contributed by atoms with Crippen molar-refractivity contribution in [2.75, 3.05) is 11.6 Å². The quantitative estimate of drug-likeness (QED) is 0.906. The SMILES string of the molecule is CCc1ccccc1C(=O)N1CSC[C@H]1C(=O)O. The second-order valence-corrected chi connectivity index (χ2v) is 5.14. The standard InChI is InChI=1S/C13H15NO3S/c1-2-9-5-3-4-6-10(9)12(15)14-8-18-7-11(14)13(16)17/h3-6,11H,2,7-8H2,1H3,(H,16,17)/t11-/m0/s1. The van der Waals surface area contributed by atoms with Crippen molar-refractivity contribution >= 4 is 23.6 Å². The Bertz CT molecular complexity index is 475. The number of aryl methyl sites for hydroxylation is 1. The predicted octanol–water partition coefficient (Wildman–Crippen LogP) is 1.85. The summed E-state index contributed by atoms with van der Waals surface area (Å²) < 4.78 is 0. The summed E-state index contributed by atoms with van der Waals surface area (Å²) in [6.45, 7) is 1.99. The van der Waals surface area contributed by atoms with Gasteiger partial charge in [0.25, 0.3) is 5.91 Å². The number of benzene rings is 1. The van der Waals surface area contributed by atoms with E-state index in [9.17, 15) is 9.59 Å². The van der Waals surface area contributed by atoms with Gasteiger partial charge in [-0.15, -0.1) is 11.8 Å². The molecule has 1 amide bonds. The minimum Gasteiger partial charge on any atom is -0.480 e. The van der Waals surface area contributed by atoms with Gasteiger partial charge in [-0.05, 0) is 18.1 Å². The van der Waals surface area contributed by atoms with Crippen molar-refractivity contribution in [3.63, 3.8) is 0 Å². The lowest BCUT2D eigenvalue weighted by Gasteiger charge is -2.21. The molecule has 0 radical (unpaired) electrons. The maximum atomic E-state index is 12.4. The topological polar surface area (TPSA) is 57.6 Å². The Hall–Kier alpha value is -1.49. The Morgan fingerprint density at radius 2 is 2.17 bits per heavy atom. The van der Waals surface area contributed by atoms with Crippen molar-refractivity contribution in [2.24, 2.45) is 0 Å². The van der Waals surface area contributed by atoms with Crippen molar-refractivity contribution in [2.45, 2.75) is 19.4 Å². The molecule has 1 atom stereocenters. The monoisotopic (exact) mass is 265 g/mol. The van der Waals surface area contributed by atoms with E-state index >= 15 is 0 Å². The number of carboxylic acids is 1. The van der Waals surface area contributed by atoms with Gasteiger partial charge in [0, 0.05) is 11.3 Å². The van der Waals surface area contributed by atoms with Gasteiger partial charge in [0.2, 0.25) is 0 Å². The van der Waals surface area contributed by atoms with Gasteiger partial charge >= 0.3 is 5.97 Å². The molecular formula is C13H15NO3S. The zero-order valence-electron chi connectivity index (χ0n) is 10.1. The largest absolute Gasteiger partial charge is 0.480 e. The molecule has 0 spiro atoms. The third-order valence-corrected chi connectivity index (χ3v) is 4.07. The smallest absolute Gasteiger partial charge is 0.327 e. The Kier molecular flexibility index (Phi) is 3.91. The summed E-state index contributed by atoms with van der Waals surface area (Å²) in [5.41, 5.74) is 1.58. The number of aliphatic carboxylic acids is 1. The normalized spacial score (nSPS) is 18.9. The number of hydrogen-bond donors (Lipinski definition) is 1. The molecule has 1 fully saturated rings. The van der Waals surface area contributed by atoms with E-state index in [4.69, 9.17) is 5.11 Å². The molecule has 2 rings (SSSR count). The molecule has 4 nitrogen and oxygen atoms in total. The van der Waals surface area contributed by atoms with Gasteiger partial charge < -0.3 is 10.0 Å². The Morgan fingerprint density at radius 3 is 2.83 bits per heavy atom. The molecule has 1 N–H and O–H groups in total. The first-order chi connectivity index (χ1) is 8.65. The van der Waals surface area contributed by atoms with Crippen molar-refractivity contribution in [3.05, 3.63) is 35.4 Å². The Labute approximate surface area is 110 Å². The first-order valence-corrected chi connectivity index (χ1v) is 7.00. The van der Waals surface area contributed by atoms with Crippen LogP contribution >= 0.6 is 11.8 Å². The lowest BCUT2D eigenvalue weighted by Crippen LogP contribution is -2.42. The van der Waals surface area contributed by atoms with Crippen molar-refractivity contribution in [1.82, 2.24) is 4.90 Å². The fourth-order valence-corrected chi connectivity index (χ4v) is 3.18. The van der Waals surface area contributed by atoms with Gasteiger partial charge in [-0.2, -0.15) is 0 Å². The summed E-state index contributed by atoms with van der Waals surface area (Å²) >= 11 is 1.48. The van der Waals surface area contributed by atoms with Crippen LogP contribution in [0.25, 0.3) is 0 Å². The van der Waals surface area contributed by atoms with Crippen LogP contribution in [0.2, 0.25) is 0 Å². The molecule has 0 unspecified atom stereocenters. The molecule has 0 bridgehead atoms. The minimum atomic E-state index is -0.928. The third-order valence-electron chi connectivity index (χ3n) is 3.06. The average molecular weight is 265 g/mol. The number of carbonyl (C=O) groups excluding carboxylic acids is 1. The summed E-state index contributed by atoms with van der Waals surface area (Å²) in [5.74, 6) is -0.185. The average Bonchev–Trinajstić information content (AvgIpc) is 2.87. The Morgan fingerprint density at radius 1 is 1.44 bits per heavy atom. The third kappa shape index (κ3) is 2.36. The zero-order chi connectivity index (χ0) is 13.1. The van der Waals surface area contributed by atoms with Crippen LogP contribution in [0.15, 0.2) is 24.3 Å². The van der Waals surface area contributed by atoms with Gasteiger partial charge in [-0.1, -0.05) is 25.1 Å². The summed E-state index contributed by atoms with van der Waals surface area (Å²) in [6, 6.07) is 6.68. The summed E-state index contributed by atoms with van der Waals surface area (Å²) in [6.07, 6.45) is 0.765. The highest BCUT2D eigenvalue weighted by atomic mass is 32.2. The molecule has 1 aliphatic rings. The lowest BCUT2D eigenvalue weighted by molar-refractivity contribution is -0.140. The van der Waals surface area contributed by atoms with E-state index in [0.29, 0.717) is 17.2 Å². The first-order valence-electron chi connectivity index (χ1n) is 5.84. The van der Waals surface area contributed by atoms with Crippen LogP contribution in [0.5, 0.6) is 0 Å². The van der Waals surface area contributed by atoms with Crippen LogP contribution in [-0.4, -0.2) is 39.6 Å². The summed E-state index contributed by atoms with van der Waals surface area (Å²) in [4.78, 5) is 24.9. The molecule has 18 heavy (non-hydrogen) atoms. The van der Waals surface area contributed by atoms with Crippen molar-refractivity contribution in [3.8, 4) is 0 Å². The van der Waals surface area contributed by atoms with E-state index in [0.717, 1.165) is 12.0 Å². The van der Waals surface area contributed by atoms with E-state index in [2.05, 4.69) is 0 Å². The highest BCUT2D eigenvalue weighted by Gasteiger charge is 2.35. The van der Waals surface area contributed by atoms with E-state index in [1.807, 2.05) is 25.1 Å². The molecule has 96 valence electrons. The maximum Gasteiger partial charge on any atom is 0.327 e. The van der Waals surface area contributed by atoms with Gasteiger partial charge in [0.15, 0.2) is 0 Å². The summed E-state index contributed by atoms with van der Waals surface area (Å²) in [5, 5.41) is 9.10. The zero-order valence-corrected chi connectivity index (χ0v) is 10.9. The van der Waals surface area contributed by atoms with Gasteiger partial charge in [0.1, 0.15) is 6.04 Å². The minimum absolute atomic E-state index is 0.176. The van der Waals surface area contributed by atoms with Crippen LogP contribution in [0, 0.1) is 0 Å². The van der Waals surface area contributed by atoms with E-state index in [-0.39, 0.29) is 5.91 Å². The molecule has 0 aromatic heterocycles. The lowest BCUT2D eigenvalue weighted by atomic mass is 10.0. The number of thioether (sulfide) groups is 1. The molecule has 1 aromatic rings. The van der Waals surface area contributed by atoms with E-state index < -0.39 is 12.0 Å². The second-order valence-electron chi connectivity index (χ2n) is 4.14. The van der Waals surface area contributed by atoms with Crippen LogP contribution in [0.1, 0.15) is 22.8 Å². The van der Waals surface area contributed by atoms with Gasteiger partial charge in [-0.25, -0.2) is 4.79 Å². The molecule has 1 aromatic carbocycles. The number of carbonyl (C=O) groups is 2. The summed E-state index contributed by atoms with van der Waals surface area (Å²) in [7, 11) is 0. The van der Waals surface area contributed by atoms with Crippen molar-refractivity contribution in [1.29, 1.82) is 0 Å². The van der Waals surface area contributed by atoms with E-state index in [1.54, 1.807) is 6.07 Å². The van der Waals surface area contributed by atoms with Crippen LogP contribution in [0.4, 0.5) is 0 Å². The van der Waals surface area contributed by atoms with Crippen molar-refractivity contribution < 1.29 is 14.7 Å². The van der Waals surface area contributed by atoms with Gasteiger partial charge in [0.05, 0.1) is 5.88 Å². The van der Waals surface area contributed by atoms with E-state index in [1.165, 1.54) is 16.7 Å². The predicted molar refractivity (Wildman–Crippen MR) is 70.7 cm³/mol. The van der Waals surface area contributed by atoms with Crippen LogP contribution in [0.3, 0.4) is 0 Å². The van der Waals surface area contributed by atoms with Crippen LogP contribution in [-0.2, 0) is 11.2 Å². The molecule has 1 aliphatic heterocycles. The van der Waals surface area contributed by atoms with Crippen LogP contribution < -0.4 is 0 Å². The molecule has 5 heteroatoms. The highest BCUT2D eigenvalue weighted by Crippen LogP contribution is 2.24. The molecular weight excluding hydrogens is 250 g/mol. The number of hydrogen-bond acceptors (Lipinski definition) is 3. The number of rotatable bonds is 3. The maximum absolute atomic E-state index is 12.4. The fraction of sp³-hybridized carbons (Fsp3) is 0.385. The number of carboxylic acid groups (broad SMARTS) is 1. The second kappa shape index (κ2) is 5.44. The highest BCUT2D eigenvalue weighted by molar-refractivity contribution is 7.99. The molecule has 1 heterocycles. The van der Waals surface area contributed by atoms with Gasteiger partial charge in [-0.3, -0.25) is 4.79 Å². The Balaban J connectivity index is 2.28. The first kappa shape index (κ1) is 13.0. The molecule has 1 saturated heterocycles. The molecule has 0 aliphatic carbocycles.